The summed E-state index contributed by atoms with van der Waals surface area (Å²) < 4.78 is 42.8. The first-order valence-corrected chi connectivity index (χ1v) is 6.29. The molecule has 0 spiro atoms. The highest BCUT2D eigenvalue weighted by Crippen LogP contribution is 2.29. The zero-order valence-corrected chi connectivity index (χ0v) is 11.3. The number of likely N-dealkylation sites (N-methyl/N-ethyl adjacent to an activating group) is 1. The van der Waals surface area contributed by atoms with E-state index in [9.17, 15) is 13.2 Å². The van der Waals surface area contributed by atoms with Crippen LogP contribution < -0.4 is 5.32 Å². The van der Waals surface area contributed by atoms with Crippen molar-refractivity contribution >= 4 is 0 Å². The van der Waals surface area contributed by atoms with Crippen molar-refractivity contribution in [3.8, 4) is 0 Å². The van der Waals surface area contributed by atoms with Gasteiger partial charge in [-0.1, -0.05) is 18.2 Å². The van der Waals surface area contributed by atoms with E-state index in [1.54, 1.807) is 13.2 Å². The fourth-order valence-electron chi connectivity index (χ4n) is 1.98. The summed E-state index contributed by atoms with van der Waals surface area (Å²) in [5.74, 6) is 0. The van der Waals surface area contributed by atoms with E-state index in [1.165, 1.54) is 12.1 Å². The van der Waals surface area contributed by atoms with E-state index in [1.807, 2.05) is 7.05 Å². The van der Waals surface area contributed by atoms with Crippen molar-refractivity contribution in [2.75, 3.05) is 20.8 Å². The number of halogens is 3. The number of hydrogen-bond donors (Lipinski definition) is 1. The predicted octanol–water partition coefficient (Wildman–Crippen LogP) is 3.26. The molecule has 108 valence electrons. The molecule has 2 nitrogen and oxygen atoms in total. The second-order valence-corrected chi connectivity index (χ2v) is 4.52. The van der Waals surface area contributed by atoms with Crippen molar-refractivity contribution < 1.29 is 17.9 Å². The summed E-state index contributed by atoms with van der Waals surface area (Å²) in [6.07, 6.45) is -1.92. The lowest BCUT2D eigenvalue weighted by Crippen LogP contribution is -2.28. The van der Waals surface area contributed by atoms with Crippen molar-refractivity contribution in [2.24, 2.45) is 0 Å². The lowest BCUT2D eigenvalue weighted by molar-refractivity contribution is -0.137. The molecule has 1 atom stereocenters. The Labute approximate surface area is 112 Å². The Balaban J connectivity index is 2.64. The van der Waals surface area contributed by atoms with E-state index in [0.717, 1.165) is 18.9 Å². The molecule has 1 unspecified atom stereocenters. The largest absolute Gasteiger partial charge is 0.416 e. The highest BCUT2D eigenvalue weighted by Gasteiger charge is 2.30. The summed E-state index contributed by atoms with van der Waals surface area (Å²) in [6.45, 7) is 0.667. The zero-order chi connectivity index (χ0) is 14.3. The van der Waals surface area contributed by atoms with E-state index < -0.39 is 11.7 Å². The van der Waals surface area contributed by atoms with E-state index in [4.69, 9.17) is 4.74 Å². The van der Waals surface area contributed by atoms with Gasteiger partial charge in [-0.25, -0.2) is 0 Å². The summed E-state index contributed by atoms with van der Waals surface area (Å²) in [6, 6.07) is 5.68. The molecular formula is C14H20F3NO. The Morgan fingerprint density at radius 1 is 1.32 bits per heavy atom. The highest BCUT2D eigenvalue weighted by molar-refractivity contribution is 5.26. The average molecular weight is 275 g/mol. The minimum absolute atomic E-state index is 0.165. The number of ether oxygens (including phenoxy) is 1. The maximum absolute atomic E-state index is 12.6. The summed E-state index contributed by atoms with van der Waals surface area (Å²) in [5, 5.41) is 3.13. The molecule has 0 aliphatic carbocycles. The monoisotopic (exact) mass is 275 g/mol. The third-order valence-electron chi connectivity index (χ3n) is 3.05. The van der Waals surface area contributed by atoms with Crippen LogP contribution in [0.5, 0.6) is 0 Å². The van der Waals surface area contributed by atoms with Gasteiger partial charge in [-0.05, 0) is 37.9 Å². The lowest BCUT2D eigenvalue weighted by atomic mass is 10.0. The minimum Gasteiger partial charge on any atom is -0.385 e. The van der Waals surface area contributed by atoms with E-state index >= 15 is 0 Å². The number of alkyl halides is 3. The number of nitrogens with one attached hydrogen (secondary N) is 1. The molecule has 5 heteroatoms. The second-order valence-electron chi connectivity index (χ2n) is 4.52. The minimum atomic E-state index is -4.28. The molecule has 1 aromatic carbocycles. The standard InChI is InChI=1S/C14H20F3NO/c1-18-13(7-4-8-19-2)10-11-5-3-6-12(9-11)14(15,16)17/h3,5-6,9,13,18H,4,7-8,10H2,1-2H3. The molecule has 0 bridgehead atoms. The van der Waals surface area contributed by atoms with Crippen LogP contribution in [-0.2, 0) is 17.3 Å². The Morgan fingerprint density at radius 2 is 2.05 bits per heavy atom. The SMILES string of the molecule is CNC(CCCOC)Cc1cccc(C(F)(F)F)c1. The summed E-state index contributed by atoms with van der Waals surface area (Å²) in [5.41, 5.74) is 0.114. The van der Waals surface area contributed by atoms with E-state index in [2.05, 4.69) is 5.32 Å². The van der Waals surface area contributed by atoms with Gasteiger partial charge in [-0.3, -0.25) is 0 Å². The van der Waals surface area contributed by atoms with Crippen molar-refractivity contribution in [1.82, 2.24) is 5.32 Å². The molecule has 0 amide bonds. The van der Waals surface area contributed by atoms with Crippen molar-refractivity contribution in [3.63, 3.8) is 0 Å². The Hall–Kier alpha value is -1.07. The quantitative estimate of drug-likeness (QED) is 0.771. The van der Waals surface area contributed by atoms with Crippen LogP contribution in [0, 0.1) is 0 Å². The second kappa shape index (κ2) is 7.50. The van der Waals surface area contributed by atoms with Gasteiger partial charge in [0.05, 0.1) is 5.56 Å². The highest BCUT2D eigenvalue weighted by atomic mass is 19.4. The van der Waals surface area contributed by atoms with Gasteiger partial charge >= 0.3 is 6.18 Å². The molecule has 0 heterocycles. The molecule has 0 fully saturated rings. The van der Waals surface area contributed by atoms with Crippen LogP contribution in [0.4, 0.5) is 13.2 Å². The summed E-state index contributed by atoms with van der Waals surface area (Å²) >= 11 is 0. The molecule has 1 aromatic rings. The molecular weight excluding hydrogens is 255 g/mol. The molecule has 0 saturated carbocycles. The van der Waals surface area contributed by atoms with Crippen LogP contribution in [0.15, 0.2) is 24.3 Å². The first-order valence-electron chi connectivity index (χ1n) is 6.29. The third-order valence-corrected chi connectivity index (χ3v) is 3.05. The van der Waals surface area contributed by atoms with Crippen LogP contribution in [0.3, 0.4) is 0 Å². The Bertz CT molecular complexity index is 379. The van der Waals surface area contributed by atoms with Crippen LogP contribution >= 0.6 is 0 Å². The van der Waals surface area contributed by atoms with Crippen molar-refractivity contribution in [3.05, 3.63) is 35.4 Å². The first kappa shape index (κ1) is 16.0. The smallest absolute Gasteiger partial charge is 0.385 e. The molecule has 1 rings (SSSR count). The molecule has 0 aliphatic heterocycles. The molecule has 0 saturated heterocycles. The van der Waals surface area contributed by atoms with Gasteiger partial charge in [-0.2, -0.15) is 13.2 Å². The van der Waals surface area contributed by atoms with Gasteiger partial charge in [0.1, 0.15) is 0 Å². The van der Waals surface area contributed by atoms with Crippen LogP contribution in [0.1, 0.15) is 24.0 Å². The van der Waals surface area contributed by atoms with Gasteiger partial charge in [0, 0.05) is 19.8 Å². The Kier molecular flexibility index (Phi) is 6.31. The van der Waals surface area contributed by atoms with Crippen LogP contribution in [0.2, 0.25) is 0 Å². The predicted molar refractivity (Wildman–Crippen MR) is 69.1 cm³/mol. The molecule has 19 heavy (non-hydrogen) atoms. The third kappa shape index (κ3) is 5.61. The summed E-state index contributed by atoms with van der Waals surface area (Å²) in [4.78, 5) is 0. The van der Waals surface area contributed by atoms with Gasteiger partial charge in [0.15, 0.2) is 0 Å². The normalized spacial score (nSPS) is 13.5. The maximum Gasteiger partial charge on any atom is 0.416 e. The zero-order valence-electron chi connectivity index (χ0n) is 11.3. The van der Waals surface area contributed by atoms with Gasteiger partial charge in [0.2, 0.25) is 0 Å². The Morgan fingerprint density at radius 3 is 2.63 bits per heavy atom. The van der Waals surface area contributed by atoms with Crippen LogP contribution in [-0.4, -0.2) is 26.8 Å². The molecule has 1 N–H and O–H groups in total. The van der Waals surface area contributed by atoms with Gasteiger partial charge < -0.3 is 10.1 Å². The number of benzene rings is 1. The molecule has 0 radical (unpaired) electrons. The fourth-order valence-corrected chi connectivity index (χ4v) is 1.98. The molecule has 0 aromatic heterocycles. The van der Waals surface area contributed by atoms with E-state index in [-0.39, 0.29) is 6.04 Å². The first-order chi connectivity index (χ1) is 8.97. The number of hydrogen-bond acceptors (Lipinski definition) is 2. The maximum atomic E-state index is 12.6. The lowest BCUT2D eigenvalue weighted by Gasteiger charge is -2.17. The number of rotatable bonds is 7. The fraction of sp³-hybridized carbons (Fsp3) is 0.571. The van der Waals surface area contributed by atoms with Crippen molar-refractivity contribution in [2.45, 2.75) is 31.5 Å². The van der Waals surface area contributed by atoms with Crippen LogP contribution in [0.25, 0.3) is 0 Å². The molecule has 0 aliphatic rings. The van der Waals surface area contributed by atoms with E-state index in [0.29, 0.717) is 18.6 Å². The number of methoxy groups -OCH3 is 1. The summed E-state index contributed by atoms with van der Waals surface area (Å²) in [7, 11) is 3.46. The van der Waals surface area contributed by atoms with Crippen molar-refractivity contribution in [1.29, 1.82) is 0 Å². The van der Waals surface area contributed by atoms with Gasteiger partial charge in [-0.15, -0.1) is 0 Å². The average Bonchev–Trinajstić information content (AvgIpc) is 2.37. The topological polar surface area (TPSA) is 21.3 Å². The van der Waals surface area contributed by atoms with Gasteiger partial charge in [0.25, 0.3) is 0 Å².